The highest BCUT2D eigenvalue weighted by atomic mass is 15.3. The lowest BCUT2D eigenvalue weighted by atomic mass is 9.96. The smallest absolute Gasteiger partial charge is 0.0224 e. The minimum atomic E-state index is 0. The molecule has 4 fully saturated rings. The molecule has 0 saturated carbocycles. The first-order valence-corrected chi connectivity index (χ1v) is 11.6. The predicted octanol–water partition coefficient (Wildman–Crippen LogP) is 4.79. The Morgan fingerprint density at radius 3 is 1.38 bits per heavy atom. The van der Waals surface area contributed by atoms with E-state index in [1.165, 1.54) is 84.5 Å². The summed E-state index contributed by atoms with van der Waals surface area (Å²) in [5.74, 6) is 0. The predicted molar refractivity (Wildman–Crippen MR) is 130 cm³/mol. The van der Waals surface area contributed by atoms with E-state index >= 15 is 0 Å². The summed E-state index contributed by atoms with van der Waals surface area (Å²) < 4.78 is 0. The Hall–Kier alpha value is -0.160. The Labute approximate surface area is 184 Å². The monoisotopic (exact) mass is 410 g/mol. The quantitative estimate of drug-likeness (QED) is 0.569. The summed E-state index contributed by atoms with van der Waals surface area (Å²) in [6, 6.07) is 1.73. The topological polar surface area (TPSA) is 13.0 Å². The van der Waals surface area contributed by atoms with Crippen molar-refractivity contribution in [3.8, 4) is 0 Å². The van der Waals surface area contributed by atoms with E-state index in [4.69, 9.17) is 0 Å². The van der Waals surface area contributed by atoms with Gasteiger partial charge in [0, 0.05) is 62.4 Å². The molecule has 0 aromatic heterocycles. The second-order valence-corrected chi connectivity index (χ2v) is 11.3. The first-order chi connectivity index (χ1) is 12.6. The van der Waals surface area contributed by atoms with E-state index in [0.717, 1.165) is 12.1 Å². The highest BCUT2D eigenvalue weighted by molar-refractivity contribution is 4.91. The molecule has 0 aromatic carbocycles. The van der Waals surface area contributed by atoms with Gasteiger partial charge < -0.3 is 0 Å². The first-order valence-electron chi connectivity index (χ1n) is 11.6. The van der Waals surface area contributed by atoms with Gasteiger partial charge in [0.25, 0.3) is 0 Å². The third kappa shape index (κ3) is 7.19. The van der Waals surface area contributed by atoms with Crippen molar-refractivity contribution in [2.24, 2.45) is 0 Å². The van der Waals surface area contributed by atoms with E-state index in [-0.39, 0.29) is 14.9 Å². The largest absolute Gasteiger partial charge is 0.298 e. The number of rotatable bonds is 0. The van der Waals surface area contributed by atoms with Crippen LogP contribution in [-0.4, -0.2) is 95.1 Å². The molecule has 2 atom stereocenters. The zero-order valence-electron chi connectivity index (χ0n) is 19.1. The van der Waals surface area contributed by atoms with Gasteiger partial charge in [-0.2, -0.15) is 0 Å². The van der Waals surface area contributed by atoms with E-state index in [0.29, 0.717) is 11.1 Å². The molecule has 4 saturated heterocycles. The van der Waals surface area contributed by atoms with Gasteiger partial charge in [0.2, 0.25) is 0 Å². The molecule has 0 spiro atoms. The van der Waals surface area contributed by atoms with Crippen LogP contribution in [0, 0.1) is 0 Å². The van der Waals surface area contributed by atoms with Crippen molar-refractivity contribution in [3.05, 3.63) is 0 Å². The molecule has 0 bridgehead atoms. The highest BCUT2D eigenvalue weighted by Crippen LogP contribution is 2.26. The molecule has 0 aliphatic carbocycles. The zero-order valence-corrected chi connectivity index (χ0v) is 19.1. The van der Waals surface area contributed by atoms with E-state index in [1.54, 1.807) is 0 Å². The molecule has 2 unspecified atom stereocenters. The van der Waals surface area contributed by atoms with Crippen LogP contribution in [0.3, 0.4) is 0 Å². The van der Waals surface area contributed by atoms with E-state index in [1.807, 2.05) is 0 Å². The average Bonchev–Trinajstić information content (AvgIpc) is 3.08. The summed E-state index contributed by atoms with van der Waals surface area (Å²) in [5.41, 5.74) is 0.734. The molecule has 0 radical (unpaired) electrons. The summed E-state index contributed by atoms with van der Waals surface area (Å²) in [6.07, 6.45) is 7.13. The van der Waals surface area contributed by atoms with Crippen molar-refractivity contribution in [1.29, 1.82) is 0 Å². The summed E-state index contributed by atoms with van der Waals surface area (Å²) in [5, 5.41) is 0. The second kappa shape index (κ2) is 10.9. The van der Waals surface area contributed by atoms with E-state index < -0.39 is 0 Å². The van der Waals surface area contributed by atoms with E-state index in [9.17, 15) is 0 Å². The zero-order chi connectivity index (χ0) is 19.7. The number of hydrogen-bond donors (Lipinski definition) is 0. The SMILES string of the molecule is C.C.CC(C)(C)N1CCN2CCCC2C1.CC(C)(C)N1CCN2CCCCC2C1. The van der Waals surface area contributed by atoms with Crippen LogP contribution >= 0.6 is 0 Å². The van der Waals surface area contributed by atoms with Gasteiger partial charge in [-0.15, -0.1) is 0 Å². The van der Waals surface area contributed by atoms with Crippen molar-refractivity contribution < 1.29 is 0 Å². The maximum absolute atomic E-state index is 2.70. The van der Waals surface area contributed by atoms with Crippen molar-refractivity contribution >= 4 is 0 Å². The third-order valence-electron chi connectivity index (χ3n) is 7.32. The number of piperidine rings is 1. The lowest BCUT2D eigenvalue weighted by molar-refractivity contribution is 0.00573. The number of piperazine rings is 2. The molecular weight excluding hydrogens is 356 g/mol. The van der Waals surface area contributed by atoms with Gasteiger partial charge in [-0.1, -0.05) is 21.3 Å². The Kier molecular flexibility index (Phi) is 10.1. The van der Waals surface area contributed by atoms with Crippen LogP contribution in [0.2, 0.25) is 0 Å². The molecule has 4 heteroatoms. The molecule has 4 rings (SSSR count). The minimum Gasteiger partial charge on any atom is -0.298 e. The lowest BCUT2D eigenvalue weighted by Gasteiger charge is -2.48. The third-order valence-corrected chi connectivity index (χ3v) is 7.32. The van der Waals surface area contributed by atoms with Crippen molar-refractivity contribution in [2.45, 2.75) is 112 Å². The van der Waals surface area contributed by atoms with Crippen LogP contribution in [0.15, 0.2) is 0 Å². The molecule has 0 amide bonds. The first kappa shape index (κ1) is 26.9. The molecule has 4 aliphatic heterocycles. The number of hydrogen-bond acceptors (Lipinski definition) is 4. The minimum absolute atomic E-state index is 0. The fourth-order valence-electron chi connectivity index (χ4n) is 5.37. The van der Waals surface area contributed by atoms with Crippen molar-refractivity contribution in [1.82, 2.24) is 19.6 Å². The molecule has 4 heterocycles. The Morgan fingerprint density at radius 1 is 0.517 bits per heavy atom. The van der Waals surface area contributed by atoms with Crippen molar-refractivity contribution in [2.75, 3.05) is 52.4 Å². The standard InChI is InChI=1S/C12H24N2.C11H22N2.2CH4/c1-12(2,3)14-9-8-13-7-5-4-6-11(13)10-14;1-11(2,3)13-8-7-12-6-4-5-10(12)9-13;;/h11H,4-10H2,1-3H3;10H,4-9H2,1-3H3;2*1H4. The molecule has 0 aromatic rings. The van der Waals surface area contributed by atoms with Gasteiger partial charge in [0.15, 0.2) is 0 Å². The van der Waals surface area contributed by atoms with Crippen LogP contribution in [0.25, 0.3) is 0 Å². The summed E-state index contributed by atoms with van der Waals surface area (Å²) in [4.78, 5) is 10.7. The van der Waals surface area contributed by atoms with Crippen molar-refractivity contribution in [3.63, 3.8) is 0 Å². The molecule has 4 aliphatic rings. The summed E-state index contributed by atoms with van der Waals surface area (Å²) in [6.45, 7) is 24.4. The average molecular weight is 411 g/mol. The Bertz CT molecular complexity index is 464. The van der Waals surface area contributed by atoms with E-state index in [2.05, 4.69) is 61.1 Å². The van der Waals surface area contributed by atoms with Gasteiger partial charge in [-0.25, -0.2) is 0 Å². The maximum atomic E-state index is 2.70. The summed E-state index contributed by atoms with van der Waals surface area (Å²) in [7, 11) is 0. The molecule has 29 heavy (non-hydrogen) atoms. The van der Waals surface area contributed by atoms with Crippen LogP contribution in [0.5, 0.6) is 0 Å². The van der Waals surface area contributed by atoms with Gasteiger partial charge in [0.1, 0.15) is 0 Å². The van der Waals surface area contributed by atoms with Gasteiger partial charge in [0.05, 0.1) is 0 Å². The molecular formula is C25H54N4. The fraction of sp³-hybridized carbons (Fsp3) is 1.00. The molecule has 174 valence electrons. The summed E-state index contributed by atoms with van der Waals surface area (Å²) >= 11 is 0. The Morgan fingerprint density at radius 2 is 0.931 bits per heavy atom. The van der Waals surface area contributed by atoms with Crippen LogP contribution < -0.4 is 0 Å². The maximum Gasteiger partial charge on any atom is 0.0224 e. The van der Waals surface area contributed by atoms with Crippen LogP contribution in [0.1, 0.15) is 88.5 Å². The fourth-order valence-corrected chi connectivity index (χ4v) is 5.37. The normalized spacial score (nSPS) is 29.6. The Balaban J connectivity index is 0.000000272. The molecule has 4 nitrogen and oxygen atoms in total. The van der Waals surface area contributed by atoms with Gasteiger partial charge >= 0.3 is 0 Å². The van der Waals surface area contributed by atoms with Crippen LogP contribution in [-0.2, 0) is 0 Å². The molecule has 0 N–H and O–H groups in total. The second-order valence-electron chi connectivity index (χ2n) is 11.3. The van der Waals surface area contributed by atoms with Gasteiger partial charge in [-0.3, -0.25) is 19.6 Å². The number of fused-ring (bicyclic) bond motifs is 2. The number of nitrogens with zero attached hydrogens (tertiary/aromatic N) is 4. The lowest BCUT2D eigenvalue weighted by Crippen LogP contribution is -2.59. The van der Waals surface area contributed by atoms with Gasteiger partial charge in [-0.05, 0) is 80.3 Å². The van der Waals surface area contributed by atoms with Crippen LogP contribution in [0.4, 0.5) is 0 Å². The highest BCUT2D eigenvalue weighted by Gasteiger charge is 2.35.